The van der Waals surface area contributed by atoms with Gasteiger partial charge in [0.15, 0.2) is 0 Å². The Balaban J connectivity index is 1.48. The number of rotatable bonds is 15. The van der Waals surface area contributed by atoms with E-state index in [2.05, 4.69) is 61.4 Å². The molecule has 208 valence electrons. The van der Waals surface area contributed by atoms with Gasteiger partial charge in [-0.05, 0) is 86.4 Å². The van der Waals surface area contributed by atoms with Crippen molar-refractivity contribution in [1.29, 1.82) is 0 Å². The van der Waals surface area contributed by atoms with Crippen molar-refractivity contribution in [3.8, 4) is 22.9 Å². The van der Waals surface area contributed by atoms with Crippen molar-refractivity contribution in [2.75, 3.05) is 32.8 Å². The largest absolute Gasteiger partial charge is 0.493 e. The van der Waals surface area contributed by atoms with E-state index in [9.17, 15) is 0 Å². The molecule has 0 aliphatic carbocycles. The molecule has 0 aliphatic rings. The number of ether oxygens (including phenoxy) is 2. The summed E-state index contributed by atoms with van der Waals surface area (Å²) in [5, 5.41) is 0.755. The van der Waals surface area contributed by atoms with E-state index in [1.165, 1.54) is 5.56 Å². The molecule has 0 unspecified atom stereocenters. The quantitative estimate of drug-likeness (QED) is 0.141. The summed E-state index contributed by atoms with van der Waals surface area (Å²) in [4.78, 5) is 7.50. The van der Waals surface area contributed by atoms with E-state index in [-0.39, 0.29) is 0 Å². The Kier molecular flexibility index (Phi) is 10.7. The van der Waals surface area contributed by atoms with Crippen LogP contribution in [-0.2, 0) is 13.0 Å². The molecule has 0 atom stereocenters. The van der Waals surface area contributed by atoms with E-state index in [1.807, 2.05) is 36.4 Å². The van der Waals surface area contributed by atoms with Gasteiger partial charge in [-0.15, -0.1) is 0 Å². The van der Waals surface area contributed by atoms with Gasteiger partial charge in [-0.25, -0.2) is 4.98 Å². The van der Waals surface area contributed by atoms with Crippen LogP contribution in [0, 0.1) is 6.92 Å². The molecule has 0 amide bonds. The molecule has 5 nitrogen and oxygen atoms in total. The van der Waals surface area contributed by atoms with Crippen molar-refractivity contribution in [2.24, 2.45) is 0 Å². The number of imidazole rings is 1. The first kappa shape index (κ1) is 29.0. The zero-order valence-corrected chi connectivity index (χ0v) is 24.6. The van der Waals surface area contributed by atoms with Gasteiger partial charge < -0.3 is 18.9 Å². The van der Waals surface area contributed by atoms with E-state index in [0.717, 1.165) is 103 Å². The van der Waals surface area contributed by atoms with Crippen molar-refractivity contribution in [1.82, 2.24) is 14.5 Å². The van der Waals surface area contributed by atoms with Crippen molar-refractivity contribution < 1.29 is 9.47 Å². The fourth-order valence-corrected chi connectivity index (χ4v) is 4.95. The molecule has 0 saturated carbocycles. The fraction of sp³-hybridized carbons (Fsp3) is 0.424. The average Bonchev–Trinajstić information content (AvgIpc) is 3.30. The molecule has 1 aromatic heterocycles. The number of fused-ring (bicyclic) bond motifs is 1. The van der Waals surface area contributed by atoms with Crippen LogP contribution in [-0.4, -0.2) is 47.3 Å². The zero-order chi connectivity index (χ0) is 27.6. The SMILES string of the molecule is CCCCn1c(-c2ccc(OCCc3ccc(Cl)cc3)cc2)nc2cc(C)c(OCCCN(CC)CC)cc21. The summed E-state index contributed by atoms with van der Waals surface area (Å²) in [7, 11) is 0. The van der Waals surface area contributed by atoms with Gasteiger partial charge in [-0.3, -0.25) is 0 Å². The average molecular weight is 548 g/mol. The van der Waals surface area contributed by atoms with Crippen LogP contribution >= 0.6 is 11.6 Å². The molecule has 0 fully saturated rings. The monoisotopic (exact) mass is 547 g/mol. The van der Waals surface area contributed by atoms with E-state index in [1.54, 1.807) is 0 Å². The van der Waals surface area contributed by atoms with Gasteiger partial charge in [-0.1, -0.05) is 50.9 Å². The maximum absolute atomic E-state index is 6.26. The van der Waals surface area contributed by atoms with Crippen molar-refractivity contribution in [2.45, 2.75) is 59.9 Å². The van der Waals surface area contributed by atoms with E-state index in [0.29, 0.717) is 6.61 Å². The standard InChI is InChI=1S/C33H42ClN3O2/c1-5-8-20-37-31-24-32(39-21-9-19-36(6-2)7-3)25(4)23-30(31)35-33(37)27-12-16-29(17-13-27)38-22-18-26-10-14-28(34)15-11-26/h10-17,23-24H,5-9,18-22H2,1-4H3. The topological polar surface area (TPSA) is 39.5 Å². The lowest BCUT2D eigenvalue weighted by molar-refractivity contribution is 0.248. The predicted octanol–water partition coefficient (Wildman–Crippen LogP) is 8.20. The van der Waals surface area contributed by atoms with Gasteiger partial charge >= 0.3 is 0 Å². The first-order chi connectivity index (χ1) is 19.0. The van der Waals surface area contributed by atoms with Gasteiger partial charge in [0.25, 0.3) is 0 Å². The first-order valence-corrected chi connectivity index (χ1v) is 14.7. The zero-order valence-electron chi connectivity index (χ0n) is 23.9. The van der Waals surface area contributed by atoms with Crippen LogP contribution in [0.4, 0.5) is 0 Å². The number of halogens is 1. The Morgan fingerprint density at radius 3 is 2.31 bits per heavy atom. The molecule has 0 aliphatic heterocycles. The molecule has 0 radical (unpaired) electrons. The molecular weight excluding hydrogens is 506 g/mol. The molecule has 3 aromatic carbocycles. The summed E-state index contributed by atoms with van der Waals surface area (Å²) in [6, 6.07) is 20.6. The summed E-state index contributed by atoms with van der Waals surface area (Å²) in [6.07, 6.45) is 4.08. The number of hydrogen-bond acceptors (Lipinski definition) is 4. The predicted molar refractivity (Wildman–Crippen MR) is 163 cm³/mol. The third-order valence-electron chi connectivity index (χ3n) is 7.24. The minimum atomic E-state index is 0.618. The van der Waals surface area contributed by atoms with Crippen LogP contribution in [0.5, 0.6) is 11.5 Å². The second-order valence-electron chi connectivity index (χ2n) is 10.0. The molecule has 39 heavy (non-hydrogen) atoms. The van der Waals surface area contributed by atoms with E-state index in [4.69, 9.17) is 26.1 Å². The molecule has 6 heteroatoms. The van der Waals surface area contributed by atoms with Crippen LogP contribution in [0.2, 0.25) is 5.02 Å². The third kappa shape index (κ3) is 7.77. The second-order valence-corrected chi connectivity index (χ2v) is 10.5. The van der Waals surface area contributed by atoms with Crippen LogP contribution < -0.4 is 9.47 Å². The van der Waals surface area contributed by atoms with Gasteiger partial charge in [0.05, 0.1) is 24.2 Å². The highest BCUT2D eigenvalue weighted by Crippen LogP contribution is 2.31. The van der Waals surface area contributed by atoms with Gasteiger partial charge in [-0.2, -0.15) is 0 Å². The highest BCUT2D eigenvalue weighted by atomic mass is 35.5. The Morgan fingerprint density at radius 1 is 0.872 bits per heavy atom. The fourth-order valence-electron chi connectivity index (χ4n) is 4.82. The Morgan fingerprint density at radius 2 is 1.62 bits per heavy atom. The molecule has 0 bridgehead atoms. The summed E-state index contributed by atoms with van der Waals surface area (Å²) in [5.41, 5.74) is 5.57. The smallest absolute Gasteiger partial charge is 0.141 e. The molecule has 4 rings (SSSR count). The highest BCUT2D eigenvalue weighted by Gasteiger charge is 2.15. The molecule has 1 heterocycles. The number of benzene rings is 3. The summed E-state index contributed by atoms with van der Waals surface area (Å²) in [6.45, 7) is 14.2. The lowest BCUT2D eigenvalue weighted by atomic mass is 10.1. The minimum absolute atomic E-state index is 0.618. The van der Waals surface area contributed by atoms with Gasteiger partial charge in [0.1, 0.15) is 17.3 Å². The Hall–Kier alpha value is -3.02. The number of unbranched alkanes of at least 4 members (excludes halogenated alkanes) is 1. The number of hydrogen-bond donors (Lipinski definition) is 0. The molecular formula is C33H42ClN3O2. The first-order valence-electron chi connectivity index (χ1n) is 14.4. The van der Waals surface area contributed by atoms with Gasteiger partial charge in [0, 0.05) is 36.2 Å². The van der Waals surface area contributed by atoms with E-state index < -0.39 is 0 Å². The number of nitrogens with zero attached hydrogens (tertiary/aromatic N) is 3. The van der Waals surface area contributed by atoms with Crippen LogP contribution in [0.15, 0.2) is 60.7 Å². The third-order valence-corrected chi connectivity index (χ3v) is 7.49. The van der Waals surface area contributed by atoms with Crippen LogP contribution in [0.1, 0.15) is 51.2 Å². The van der Waals surface area contributed by atoms with Crippen LogP contribution in [0.3, 0.4) is 0 Å². The number of aromatic nitrogens is 2. The summed E-state index contributed by atoms with van der Waals surface area (Å²) < 4.78 is 14.6. The maximum Gasteiger partial charge on any atom is 0.141 e. The molecule has 4 aromatic rings. The summed E-state index contributed by atoms with van der Waals surface area (Å²) in [5.74, 6) is 2.81. The van der Waals surface area contributed by atoms with E-state index >= 15 is 0 Å². The van der Waals surface area contributed by atoms with Crippen molar-refractivity contribution in [3.63, 3.8) is 0 Å². The molecule has 0 saturated heterocycles. The highest BCUT2D eigenvalue weighted by molar-refractivity contribution is 6.30. The lowest BCUT2D eigenvalue weighted by Crippen LogP contribution is -2.25. The van der Waals surface area contributed by atoms with Crippen molar-refractivity contribution >= 4 is 22.6 Å². The van der Waals surface area contributed by atoms with Gasteiger partial charge in [0.2, 0.25) is 0 Å². The molecule has 0 N–H and O–H groups in total. The van der Waals surface area contributed by atoms with Crippen LogP contribution in [0.25, 0.3) is 22.4 Å². The maximum atomic E-state index is 6.26. The van der Waals surface area contributed by atoms with Crippen molar-refractivity contribution in [3.05, 3.63) is 76.8 Å². The minimum Gasteiger partial charge on any atom is -0.493 e. The number of aryl methyl sites for hydroxylation is 2. The Labute approximate surface area is 238 Å². The normalized spacial score (nSPS) is 11.4. The Bertz CT molecular complexity index is 1310. The molecule has 0 spiro atoms. The second kappa shape index (κ2) is 14.4. The summed E-state index contributed by atoms with van der Waals surface area (Å²) >= 11 is 5.99. The lowest BCUT2D eigenvalue weighted by Gasteiger charge is -2.18.